The van der Waals surface area contributed by atoms with E-state index in [1.807, 2.05) is 56.3 Å². The Balaban J connectivity index is 1.71. The number of aliphatic hydroxyl groups is 1. The third kappa shape index (κ3) is 7.42. The first kappa shape index (κ1) is 25.9. The van der Waals surface area contributed by atoms with E-state index >= 15 is 0 Å². The molecule has 0 spiro atoms. The summed E-state index contributed by atoms with van der Waals surface area (Å²) in [5.74, 6) is -1.61. The second kappa shape index (κ2) is 11.6. The van der Waals surface area contributed by atoms with Crippen LogP contribution < -0.4 is 10.6 Å². The van der Waals surface area contributed by atoms with Gasteiger partial charge in [-0.05, 0) is 51.5 Å². The molecule has 2 aliphatic rings. The monoisotopic (exact) mass is 470 g/mol. The molecule has 3 N–H and O–H groups in total. The van der Waals surface area contributed by atoms with Crippen molar-refractivity contribution in [1.82, 2.24) is 10.6 Å². The van der Waals surface area contributed by atoms with Gasteiger partial charge >= 0.3 is 5.97 Å². The molecule has 1 fully saturated rings. The van der Waals surface area contributed by atoms with Crippen molar-refractivity contribution < 1.29 is 24.2 Å². The lowest BCUT2D eigenvalue weighted by Crippen LogP contribution is -2.52. The second-order valence-corrected chi connectivity index (χ2v) is 10.4. The van der Waals surface area contributed by atoms with E-state index < -0.39 is 17.0 Å². The standard InChI is InChI=1S/C27H38N2O5/c1-26(2)19-34-25(33)22(16-20-10-4-3-5-11-20)13-7-6-12-21(24(32)29-26)17-23(31)28-27(18-30)14-8-9-15-27/h3-7,10-11,21-22,30H,8-9,12-19H2,1-2H3,(H,28,31)(H,29,32). The SMILES string of the molecule is CC1(C)COC(=O)C(Cc2ccccc2)CC=CCC(CC(=O)NC2(CO)CCCC2)C(=O)N1. The van der Waals surface area contributed by atoms with Crippen molar-refractivity contribution in [2.45, 2.75) is 76.3 Å². The van der Waals surface area contributed by atoms with Crippen LogP contribution in [-0.2, 0) is 25.5 Å². The Morgan fingerprint density at radius 2 is 1.74 bits per heavy atom. The molecule has 1 heterocycles. The molecule has 1 saturated carbocycles. The molecule has 7 heteroatoms. The molecule has 3 rings (SSSR count). The average Bonchev–Trinajstić information content (AvgIpc) is 3.27. The fourth-order valence-corrected chi connectivity index (χ4v) is 4.75. The van der Waals surface area contributed by atoms with Gasteiger partial charge in [0.1, 0.15) is 6.61 Å². The van der Waals surface area contributed by atoms with Gasteiger partial charge in [0.2, 0.25) is 11.8 Å². The summed E-state index contributed by atoms with van der Waals surface area (Å²) < 4.78 is 5.60. The predicted octanol–water partition coefficient (Wildman–Crippen LogP) is 3.06. The highest BCUT2D eigenvalue weighted by atomic mass is 16.5. The zero-order valence-electron chi connectivity index (χ0n) is 20.3. The number of cyclic esters (lactones) is 1. The average molecular weight is 471 g/mol. The van der Waals surface area contributed by atoms with Gasteiger partial charge < -0.3 is 20.5 Å². The third-order valence-corrected chi connectivity index (χ3v) is 6.77. The molecule has 1 aliphatic carbocycles. The molecule has 1 aromatic rings. The highest BCUT2D eigenvalue weighted by molar-refractivity contribution is 5.86. The van der Waals surface area contributed by atoms with Crippen molar-refractivity contribution in [3.8, 4) is 0 Å². The van der Waals surface area contributed by atoms with E-state index in [1.54, 1.807) is 0 Å². The number of ether oxygens (including phenoxy) is 1. The van der Waals surface area contributed by atoms with Crippen LogP contribution in [0.5, 0.6) is 0 Å². The summed E-state index contributed by atoms with van der Waals surface area (Å²) in [5.41, 5.74) is -0.261. The largest absolute Gasteiger partial charge is 0.463 e. The van der Waals surface area contributed by atoms with Crippen LogP contribution in [0.1, 0.15) is 64.4 Å². The van der Waals surface area contributed by atoms with Gasteiger partial charge in [0.25, 0.3) is 0 Å². The zero-order chi connectivity index (χ0) is 24.6. The number of esters is 1. The minimum absolute atomic E-state index is 0.0429. The van der Waals surface area contributed by atoms with E-state index in [-0.39, 0.29) is 43.3 Å². The number of hydrogen-bond acceptors (Lipinski definition) is 5. The van der Waals surface area contributed by atoms with Crippen LogP contribution in [0.3, 0.4) is 0 Å². The Morgan fingerprint density at radius 1 is 1.09 bits per heavy atom. The van der Waals surface area contributed by atoms with Gasteiger partial charge in [-0.3, -0.25) is 14.4 Å². The minimum Gasteiger partial charge on any atom is -0.463 e. The first-order valence-corrected chi connectivity index (χ1v) is 12.3. The summed E-state index contributed by atoms with van der Waals surface area (Å²) in [6, 6.07) is 9.84. The predicted molar refractivity (Wildman–Crippen MR) is 130 cm³/mol. The van der Waals surface area contributed by atoms with Crippen molar-refractivity contribution in [2.75, 3.05) is 13.2 Å². The van der Waals surface area contributed by atoms with Gasteiger partial charge in [-0.2, -0.15) is 0 Å². The third-order valence-electron chi connectivity index (χ3n) is 6.77. The van der Waals surface area contributed by atoms with Crippen LogP contribution in [0.15, 0.2) is 42.5 Å². The second-order valence-electron chi connectivity index (χ2n) is 10.4. The molecule has 7 nitrogen and oxygen atoms in total. The lowest BCUT2D eigenvalue weighted by Gasteiger charge is -2.31. The minimum atomic E-state index is -0.764. The summed E-state index contributed by atoms with van der Waals surface area (Å²) >= 11 is 0. The normalized spacial score (nSPS) is 24.9. The van der Waals surface area contributed by atoms with Crippen LogP contribution in [0, 0.1) is 11.8 Å². The van der Waals surface area contributed by atoms with Gasteiger partial charge in [-0.15, -0.1) is 0 Å². The fourth-order valence-electron chi connectivity index (χ4n) is 4.75. The van der Waals surface area contributed by atoms with E-state index in [0.717, 1.165) is 31.2 Å². The number of rotatable bonds is 6. The summed E-state index contributed by atoms with van der Waals surface area (Å²) in [7, 11) is 0. The highest BCUT2D eigenvalue weighted by Gasteiger charge is 2.36. The molecule has 0 bridgehead atoms. The fraction of sp³-hybridized carbons (Fsp3) is 0.593. The summed E-state index contributed by atoms with van der Waals surface area (Å²) in [6.07, 6.45) is 8.78. The number of benzene rings is 1. The zero-order valence-corrected chi connectivity index (χ0v) is 20.3. The Bertz CT molecular complexity index is 874. The number of carbonyl (C=O) groups excluding carboxylic acids is 3. The molecule has 2 amide bonds. The highest BCUT2D eigenvalue weighted by Crippen LogP contribution is 2.29. The van der Waals surface area contributed by atoms with Crippen LogP contribution >= 0.6 is 0 Å². The molecule has 0 radical (unpaired) electrons. The quantitative estimate of drug-likeness (QED) is 0.438. The van der Waals surface area contributed by atoms with Gasteiger partial charge in [0, 0.05) is 6.42 Å². The Hall–Kier alpha value is -2.67. The first-order chi connectivity index (χ1) is 16.2. The summed E-state index contributed by atoms with van der Waals surface area (Å²) in [5, 5.41) is 15.8. The maximum atomic E-state index is 13.0. The van der Waals surface area contributed by atoms with E-state index in [1.165, 1.54) is 0 Å². The molecule has 34 heavy (non-hydrogen) atoms. The number of carbonyl (C=O) groups is 3. The van der Waals surface area contributed by atoms with Crippen molar-refractivity contribution in [2.24, 2.45) is 11.8 Å². The summed E-state index contributed by atoms with van der Waals surface area (Å²) in [4.78, 5) is 38.7. The molecule has 1 aromatic carbocycles. The molecule has 186 valence electrons. The summed E-state index contributed by atoms with van der Waals surface area (Å²) in [6.45, 7) is 3.58. The number of amides is 2. The van der Waals surface area contributed by atoms with E-state index in [0.29, 0.717) is 19.3 Å². The van der Waals surface area contributed by atoms with Crippen molar-refractivity contribution >= 4 is 17.8 Å². The van der Waals surface area contributed by atoms with Crippen molar-refractivity contribution in [3.05, 3.63) is 48.0 Å². The maximum absolute atomic E-state index is 13.0. The van der Waals surface area contributed by atoms with Crippen LogP contribution in [-0.4, -0.2) is 47.2 Å². The Morgan fingerprint density at radius 3 is 2.38 bits per heavy atom. The number of aliphatic hydroxyl groups excluding tert-OH is 1. The Kier molecular flexibility index (Phi) is 8.89. The van der Waals surface area contributed by atoms with E-state index in [2.05, 4.69) is 10.6 Å². The van der Waals surface area contributed by atoms with Gasteiger partial charge in [-0.1, -0.05) is 55.3 Å². The van der Waals surface area contributed by atoms with Crippen LogP contribution in [0.2, 0.25) is 0 Å². The van der Waals surface area contributed by atoms with Gasteiger partial charge in [0.05, 0.1) is 29.5 Å². The molecule has 2 atom stereocenters. The topological polar surface area (TPSA) is 105 Å². The maximum Gasteiger partial charge on any atom is 0.309 e. The number of allylic oxidation sites excluding steroid dienone is 2. The lowest BCUT2D eigenvalue weighted by molar-refractivity contribution is -0.151. The molecular weight excluding hydrogens is 432 g/mol. The van der Waals surface area contributed by atoms with Gasteiger partial charge in [-0.25, -0.2) is 0 Å². The Labute approximate surface area is 202 Å². The molecule has 2 unspecified atom stereocenters. The van der Waals surface area contributed by atoms with E-state index in [9.17, 15) is 19.5 Å². The molecule has 0 aromatic heterocycles. The number of hydrogen-bond donors (Lipinski definition) is 3. The van der Waals surface area contributed by atoms with Crippen molar-refractivity contribution in [3.63, 3.8) is 0 Å². The molecule has 0 saturated heterocycles. The van der Waals surface area contributed by atoms with E-state index in [4.69, 9.17) is 4.74 Å². The molecular formula is C27H38N2O5. The first-order valence-electron chi connectivity index (χ1n) is 12.3. The van der Waals surface area contributed by atoms with Crippen LogP contribution in [0.25, 0.3) is 0 Å². The lowest BCUT2D eigenvalue weighted by atomic mass is 9.92. The number of nitrogens with one attached hydrogen (secondary N) is 2. The van der Waals surface area contributed by atoms with Crippen molar-refractivity contribution in [1.29, 1.82) is 0 Å². The molecule has 1 aliphatic heterocycles. The van der Waals surface area contributed by atoms with Gasteiger partial charge in [0.15, 0.2) is 0 Å². The van der Waals surface area contributed by atoms with Crippen LogP contribution in [0.4, 0.5) is 0 Å². The smallest absolute Gasteiger partial charge is 0.309 e.